The van der Waals surface area contributed by atoms with Crippen molar-refractivity contribution in [3.63, 3.8) is 0 Å². The van der Waals surface area contributed by atoms with Gasteiger partial charge in [-0.1, -0.05) is 19.3 Å². The number of guanidine groups is 1. The van der Waals surface area contributed by atoms with E-state index < -0.39 is 5.41 Å². The minimum atomic E-state index is -0.561. The van der Waals surface area contributed by atoms with E-state index in [1.807, 2.05) is 20.8 Å². The minimum absolute atomic E-state index is 0. The van der Waals surface area contributed by atoms with Gasteiger partial charge in [0.05, 0.1) is 5.41 Å². The Hall–Kier alpha value is -1.06. The number of carbonyl (C=O) groups excluding carboxylic acids is 2. The zero-order valence-corrected chi connectivity index (χ0v) is 19.9. The van der Waals surface area contributed by atoms with Crippen LogP contribution >= 0.6 is 24.0 Å². The van der Waals surface area contributed by atoms with Crippen LogP contribution in [0.4, 0.5) is 0 Å². The number of nitrogens with zero attached hydrogens (tertiary/aromatic N) is 2. The average molecular weight is 495 g/mol. The predicted molar refractivity (Wildman–Crippen MR) is 121 cm³/mol. The number of halogens is 1. The Bertz CT molecular complexity index is 488. The van der Waals surface area contributed by atoms with Crippen LogP contribution in [0.3, 0.4) is 0 Å². The molecule has 1 saturated carbocycles. The molecule has 0 aromatic carbocycles. The highest BCUT2D eigenvalue weighted by molar-refractivity contribution is 14.0. The molecule has 0 bridgehead atoms. The topological polar surface area (TPSA) is 85.8 Å². The molecule has 3 N–H and O–H groups in total. The first kappa shape index (κ1) is 25.9. The predicted octanol–water partition coefficient (Wildman–Crippen LogP) is 1.97. The summed E-state index contributed by atoms with van der Waals surface area (Å²) in [4.78, 5) is 30.0. The fourth-order valence-electron chi connectivity index (χ4n) is 2.88. The van der Waals surface area contributed by atoms with Crippen molar-refractivity contribution >= 4 is 41.8 Å². The number of hydrogen-bond donors (Lipinski definition) is 3. The largest absolute Gasteiger partial charge is 0.356 e. The molecular formula is C19H38IN5O2. The monoisotopic (exact) mass is 495 g/mol. The normalized spacial score (nSPS) is 15.5. The molecule has 0 atom stereocenters. The summed E-state index contributed by atoms with van der Waals surface area (Å²) in [6.45, 7) is 7.71. The molecule has 2 amide bonds. The van der Waals surface area contributed by atoms with Crippen molar-refractivity contribution < 1.29 is 9.59 Å². The lowest BCUT2D eigenvalue weighted by atomic mass is 9.89. The third kappa shape index (κ3) is 10.2. The Morgan fingerprint density at radius 3 is 2.26 bits per heavy atom. The molecule has 0 aliphatic heterocycles. The van der Waals surface area contributed by atoms with Gasteiger partial charge in [0.25, 0.3) is 0 Å². The summed E-state index contributed by atoms with van der Waals surface area (Å²) < 4.78 is 0. The van der Waals surface area contributed by atoms with Crippen molar-refractivity contribution in [1.82, 2.24) is 20.9 Å². The number of nitrogens with one attached hydrogen (secondary N) is 3. The van der Waals surface area contributed by atoms with Crippen molar-refractivity contribution in [3.05, 3.63) is 0 Å². The van der Waals surface area contributed by atoms with Crippen LogP contribution in [0.25, 0.3) is 0 Å². The molecule has 158 valence electrons. The first-order valence-electron chi connectivity index (χ1n) is 9.77. The van der Waals surface area contributed by atoms with Gasteiger partial charge in [0, 0.05) is 33.7 Å². The van der Waals surface area contributed by atoms with Gasteiger partial charge in [-0.25, -0.2) is 4.99 Å². The van der Waals surface area contributed by atoms with E-state index in [-0.39, 0.29) is 42.3 Å². The summed E-state index contributed by atoms with van der Waals surface area (Å²) in [5.41, 5.74) is -0.561. The van der Waals surface area contributed by atoms with Crippen LogP contribution in [0.15, 0.2) is 4.99 Å². The van der Waals surface area contributed by atoms with Gasteiger partial charge < -0.3 is 20.9 Å². The van der Waals surface area contributed by atoms with Gasteiger partial charge in [0.15, 0.2) is 5.96 Å². The Labute approximate surface area is 181 Å². The Balaban J connectivity index is 0.00000676. The van der Waals surface area contributed by atoms with E-state index >= 15 is 0 Å². The second-order valence-electron chi connectivity index (χ2n) is 7.93. The summed E-state index contributed by atoms with van der Waals surface area (Å²) in [6, 6.07) is 0. The van der Waals surface area contributed by atoms with Crippen molar-refractivity contribution in [3.8, 4) is 0 Å². The second-order valence-corrected chi connectivity index (χ2v) is 7.93. The van der Waals surface area contributed by atoms with Crippen LogP contribution in [-0.2, 0) is 9.59 Å². The lowest BCUT2D eigenvalue weighted by molar-refractivity contribution is -0.129. The lowest BCUT2D eigenvalue weighted by Crippen LogP contribution is -2.48. The van der Waals surface area contributed by atoms with Crippen LogP contribution in [0, 0.1) is 11.3 Å². The van der Waals surface area contributed by atoms with E-state index in [0.717, 1.165) is 6.54 Å². The van der Waals surface area contributed by atoms with E-state index in [1.54, 1.807) is 14.1 Å². The molecule has 0 heterocycles. The molecule has 0 spiro atoms. The van der Waals surface area contributed by atoms with Gasteiger partial charge in [-0.3, -0.25) is 9.59 Å². The third-order valence-corrected chi connectivity index (χ3v) is 4.80. The molecule has 1 rings (SSSR count). The first-order chi connectivity index (χ1) is 12.3. The minimum Gasteiger partial charge on any atom is -0.356 e. The van der Waals surface area contributed by atoms with Crippen LogP contribution in [0.2, 0.25) is 0 Å². The summed E-state index contributed by atoms with van der Waals surface area (Å²) >= 11 is 0. The van der Waals surface area contributed by atoms with E-state index in [2.05, 4.69) is 20.9 Å². The Morgan fingerprint density at radius 2 is 1.70 bits per heavy atom. The van der Waals surface area contributed by atoms with Gasteiger partial charge >= 0.3 is 0 Å². The lowest BCUT2D eigenvalue weighted by Gasteiger charge is -2.26. The summed E-state index contributed by atoms with van der Waals surface area (Å²) in [5.74, 6) is 1.20. The van der Waals surface area contributed by atoms with Crippen LogP contribution in [0.1, 0.15) is 52.9 Å². The van der Waals surface area contributed by atoms with E-state index in [9.17, 15) is 9.59 Å². The molecule has 8 heteroatoms. The summed E-state index contributed by atoms with van der Waals surface area (Å²) in [5, 5.41) is 9.46. The number of likely N-dealkylation sites (N-methyl/N-ethyl adjacent to an activating group) is 1. The van der Waals surface area contributed by atoms with Crippen molar-refractivity contribution in [1.29, 1.82) is 0 Å². The third-order valence-electron chi connectivity index (χ3n) is 4.80. The van der Waals surface area contributed by atoms with Crippen molar-refractivity contribution in [2.45, 2.75) is 52.9 Å². The molecule has 0 aromatic heterocycles. The van der Waals surface area contributed by atoms with Crippen LogP contribution in [0.5, 0.6) is 0 Å². The van der Waals surface area contributed by atoms with Gasteiger partial charge in [-0.05, 0) is 39.5 Å². The fraction of sp³-hybridized carbons (Fsp3) is 0.842. The molecule has 0 aromatic rings. The highest BCUT2D eigenvalue weighted by atomic mass is 127. The maximum Gasteiger partial charge on any atom is 0.243 e. The SMILES string of the molecule is CCNC(=O)C(C)(C)CNC(=NCC(=O)N(C)C)NCC1CCCCC1.I. The maximum absolute atomic E-state index is 12.2. The highest BCUT2D eigenvalue weighted by Crippen LogP contribution is 2.22. The molecule has 1 fully saturated rings. The Kier molecular flexibility index (Phi) is 12.7. The van der Waals surface area contributed by atoms with Crippen molar-refractivity contribution in [2.75, 3.05) is 40.3 Å². The van der Waals surface area contributed by atoms with Crippen molar-refractivity contribution in [2.24, 2.45) is 16.3 Å². The molecular weight excluding hydrogens is 457 g/mol. The molecule has 0 saturated heterocycles. The van der Waals surface area contributed by atoms with E-state index in [4.69, 9.17) is 0 Å². The van der Waals surface area contributed by atoms with Gasteiger partial charge in [-0.15, -0.1) is 24.0 Å². The van der Waals surface area contributed by atoms with E-state index in [1.165, 1.54) is 37.0 Å². The number of rotatable bonds is 8. The molecule has 0 unspecified atom stereocenters. The molecule has 0 radical (unpaired) electrons. The van der Waals surface area contributed by atoms with Gasteiger partial charge in [0.1, 0.15) is 6.54 Å². The smallest absolute Gasteiger partial charge is 0.243 e. The number of hydrogen-bond acceptors (Lipinski definition) is 3. The average Bonchev–Trinajstić information content (AvgIpc) is 2.61. The van der Waals surface area contributed by atoms with Crippen LogP contribution in [-0.4, -0.2) is 62.9 Å². The first-order valence-corrected chi connectivity index (χ1v) is 9.77. The number of aliphatic imine (C=N–C) groups is 1. The number of carbonyl (C=O) groups is 2. The highest BCUT2D eigenvalue weighted by Gasteiger charge is 2.27. The molecule has 27 heavy (non-hydrogen) atoms. The van der Waals surface area contributed by atoms with Gasteiger partial charge in [0.2, 0.25) is 11.8 Å². The fourth-order valence-corrected chi connectivity index (χ4v) is 2.88. The standard InChI is InChI=1S/C19H37N5O2.HI/c1-6-20-17(26)19(2,3)14-23-18(22-13-16(25)24(4)5)21-12-15-10-8-7-9-11-15;/h15H,6-14H2,1-5H3,(H,20,26)(H2,21,22,23);1H. The van der Waals surface area contributed by atoms with Gasteiger partial charge in [-0.2, -0.15) is 0 Å². The zero-order chi connectivity index (χ0) is 19.6. The van der Waals surface area contributed by atoms with Crippen LogP contribution < -0.4 is 16.0 Å². The molecule has 1 aliphatic carbocycles. The van der Waals surface area contributed by atoms with E-state index in [0.29, 0.717) is 25.0 Å². The summed E-state index contributed by atoms with van der Waals surface area (Å²) in [6.07, 6.45) is 6.38. The second kappa shape index (κ2) is 13.2. The quantitative estimate of drug-likeness (QED) is 0.273. The molecule has 1 aliphatic rings. The zero-order valence-electron chi connectivity index (χ0n) is 17.6. The molecule has 7 nitrogen and oxygen atoms in total. The Morgan fingerprint density at radius 1 is 1.07 bits per heavy atom. The maximum atomic E-state index is 12.2. The number of amides is 2. The summed E-state index contributed by atoms with van der Waals surface area (Å²) in [7, 11) is 3.44.